The lowest BCUT2D eigenvalue weighted by molar-refractivity contribution is 0.0987. The number of carbonyl (C=O) groups excluding carboxylic acids is 1. The molecule has 0 aliphatic rings. The molecule has 0 fully saturated rings. The van der Waals surface area contributed by atoms with E-state index in [2.05, 4.69) is 10.2 Å². The minimum absolute atomic E-state index is 0.146. The molecule has 1 heterocycles. The average Bonchev–Trinajstić information content (AvgIpc) is 2.46. The van der Waals surface area contributed by atoms with Gasteiger partial charge in [0.1, 0.15) is 10.7 Å². The molecule has 7 heteroatoms. The number of rotatable bonds is 3. The van der Waals surface area contributed by atoms with Gasteiger partial charge in [0.15, 0.2) is 0 Å². The number of aromatic nitrogens is 2. The summed E-state index contributed by atoms with van der Waals surface area (Å²) >= 11 is 4.90. The molecule has 1 amide bonds. The second-order valence-electron chi connectivity index (χ2n) is 4.09. The van der Waals surface area contributed by atoms with Gasteiger partial charge in [-0.15, -0.1) is 0 Å². The fourth-order valence-corrected chi connectivity index (χ4v) is 1.75. The monoisotopic (exact) mass is 288 g/mol. The van der Waals surface area contributed by atoms with Crippen LogP contribution in [0.2, 0.25) is 0 Å². The molecular formula is C13H12N4O2S. The first-order chi connectivity index (χ1) is 9.49. The summed E-state index contributed by atoms with van der Waals surface area (Å²) in [5.74, 6) is -0.346. The van der Waals surface area contributed by atoms with Crippen LogP contribution in [0.3, 0.4) is 0 Å². The Morgan fingerprint density at radius 3 is 2.70 bits per heavy atom. The van der Waals surface area contributed by atoms with Gasteiger partial charge in [-0.25, -0.2) is 5.10 Å². The van der Waals surface area contributed by atoms with Crippen molar-refractivity contribution in [3.05, 3.63) is 58.0 Å². The molecule has 0 saturated carbocycles. The van der Waals surface area contributed by atoms with Gasteiger partial charge in [0.05, 0.1) is 0 Å². The summed E-state index contributed by atoms with van der Waals surface area (Å²) in [5, 5.41) is 5.93. The third kappa shape index (κ3) is 2.89. The molecule has 6 nitrogen and oxygen atoms in total. The van der Waals surface area contributed by atoms with E-state index in [9.17, 15) is 9.59 Å². The van der Waals surface area contributed by atoms with Crippen LogP contribution in [0.15, 0.2) is 41.2 Å². The van der Waals surface area contributed by atoms with Crippen molar-refractivity contribution in [3.63, 3.8) is 0 Å². The minimum Gasteiger partial charge on any atom is -0.389 e. The Hall–Kier alpha value is -2.54. The van der Waals surface area contributed by atoms with E-state index in [4.69, 9.17) is 18.0 Å². The summed E-state index contributed by atoms with van der Waals surface area (Å²) in [7, 11) is 1.60. The molecule has 20 heavy (non-hydrogen) atoms. The number of nitrogens with one attached hydrogen (secondary N) is 1. The minimum atomic E-state index is -0.361. The highest BCUT2D eigenvalue weighted by Crippen LogP contribution is 2.16. The summed E-state index contributed by atoms with van der Waals surface area (Å²) in [6, 6.07) is 9.61. The predicted octanol–water partition coefficient (Wildman–Crippen LogP) is 0.681. The summed E-state index contributed by atoms with van der Waals surface area (Å²) in [4.78, 5) is 24.8. The number of benzene rings is 1. The molecule has 0 aliphatic heterocycles. The Balaban J connectivity index is 2.31. The van der Waals surface area contributed by atoms with Gasteiger partial charge < -0.3 is 10.6 Å². The van der Waals surface area contributed by atoms with Crippen molar-refractivity contribution in [2.24, 2.45) is 5.73 Å². The topological polar surface area (TPSA) is 92.1 Å². The van der Waals surface area contributed by atoms with E-state index < -0.39 is 0 Å². The molecule has 0 bridgehead atoms. The fraction of sp³-hybridized carbons (Fsp3) is 0.0769. The van der Waals surface area contributed by atoms with Crippen LogP contribution in [0.1, 0.15) is 16.1 Å². The Kier molecular flexibility index (Phi) is 3.90. The third-order valence-electron chi connectivity index (χ3n) is 2.72. The van der Waals surface area contributed by atoms with Crippen molar-refractivity contribution >= 4 is 28.8 Å². The number of carbonyl (C=O) groups is 1. The second-order valence-corrected chi connectivity index (χ2v) is 4.53. The number of anilines is 1. The van der Waals surface area contributed by atoms with Crippen molar-refractivity contribution in [1.82, 2.24) is 10.2 Å². The van der Waals surface area contributed by atoms with Crippen molar-refractivity contribution in [1.29, 1.82) is 0 Å². The molecule has 102 valence electrons. The maximum atomic E-state index is 12.2. The molecule has 0 unspecified atom stereocenters. The first-order valence-corrected chi connectivity index (χ1v) is 6.13. The molecule has 0 saturated heterocycles. The largest absolute Gasteiger partial charge is 0.389 e. The highest BCUT2D eigenvalue weighted by molar-refractivity contribution is 7.80. The zero-order chi connectivity index (χ0) is 14.7. The van der Waals surface area contributed by atoms with Gasteiger partial charge in [-0.05, 0) is 18.2 Å². The molecule has 3 N–H and O–H groups in total. The first-order valence-electron chi connectivity index (χ1n) is 5.72. The number of H-pyrrole nitrogens is 1. The Morgan fingerprint density at radius 2 is 2.10 bits per heavy atom. The molecule has 2 aromatic rings. The Bertz CT molecular complexity index is 706. The molecule has 0 aliphatic carbocycles. The van der Waals surface area contributed by atoms with Crippen LogP contribution >= 0.6 is 12.2 Å². The van der Waals surface area contributed by atoms with Gasteiger partial charge >= 0.3 is 0 Å². The maximum Gasteiger partial charge on any atom is 0.278 e. The van der Waals surface area contributed by atoms with Crippen molar-refractivity contribution in [3.8, 4) is 0 Å². The predicted molar refractivity (Wildman–Crippen MR) is 79.9 cm³/mol. The van der Waals surface area contributed by atoms with E-state index in [0.717, 1.165) is 0 Å². The molecule has 0 spiro atoms. The molecule has 2 rings (SSSR count). The summed E-state index contributed by atoms with van der Waals surface area (Å²) in [5.41, 5.74) is 6.65. The zero-order valence-corrected chi connectivity index (χ0v) is 11.5. The van der Waals surface area contributed by atoms with Gasteiger partial charge in [-0.3, -0.25) is 9.59 Å². The van der Waals surface area contributed by atoms with E-state index in [-0.39, 0.29) is 22.1 Å². The van der Waals surface area contributed by atoms with Crippen molar-refractivity contribution in [2.45, 2.75) is 0 Å². The Labute approximate surface area is 120 Å². The van der Waals surface area contributed by atoms with Gasteiger partial charge in [0, 0.05) is 24.4 Å². The van der Waals surface area contributed by atoms with Gasteiger partial charge in [0.25, 0.3) is 11.5 Å². The highest BCUT2D eigenvalue weighted by Gasteiger charge is 2.15. The lowest BCUT2D eigenvalue weighted by Crippen LogP contribution is -2.28. The average molecular weight is 288 g/mol. The van der Waals surface area contributed by atoms with E-state index in [1.807, 2.05) is 0 Å². The number of nitrogens with zero attached hydrogens (tertiary/aromatic N) is 2. The van der Waals surface area contributed by atoms with Crippen LogP contribution in [0.25, 0.3) is 0 Å². The van der Waals surface area contributed by atoms with E-state index in [1.54, 1.807) is 31.3 Å². The second kappa shape index (κ2) is 5.62. The van der Waals surface area contributed by atoms with Crippen LogP contribution in [0, 0.1) is 0 Å². The van der Waals surface area contributed by atoms with Crippen molar-refractivity contribution in [2.75, 3.05) is 11.9 Å². The fourth-order valence-electron chi connectivity index (χ4n) is 1.62. The molecular weight excluding hydrogens is 276 g/mol. The van der Waals surface area contributed by atoms with Crippen molar-refractivity contribution < 1.29 is 4.79 Å². The zero-order valence-electron chi connectivity index (χ0n) is 10.7. The normalized spacial score (nSPS) is 10.1. The number of aromatic amines is 1. The van der Waals surface area contributed by atoms with Crippen LogP contribution in [-0.4, -0.2) is 28.1 Å². The quantitative estimate of drug-likeness (QED) is 0.810. The van der Waals surface area contributed by atoms with E-state index in [1.165, 1.54) is 17.0 Å². The number of hydrogen-bond acceptors (Lipinski definition) is 4. The number of nitrogens with two attached hydrogens (primary N) is 1. The van der Waals surface area contributed by atoms with Crippen LogP contribution < -0.4 is 16.2 Å². The van der Waals surface area contributed by atoms with E-state index >= 15 is 0 Å². The first kappa shape index (κ1) is 13.9. The SMILES string of the molecule is CN(C(=O)c1ccc(=O)[nH]n1)c1cccc(C(N)=S)c1. The van der Waals surface area contributed by atoms with Gasteiger partial charge in [-0.1, -0.05) is 24.4 Å². The molecule has 0 radical (unpaired) electrons. The molecule has 1 aromatic heterocycles. The lowest BCUT2D eigenvalue weighted by atomic mass is 10.2. The Morgan fingerprint density at radius 1 is 1.35 bits per heavy atom. The number of hydrogen-bond donors (Lipinski definition) is 2. The standard InChI is InChI=1S/C13H12N4O2S/c1-17(9-4-2-3-8(7-9)12(14)20)13(19)10-5-6-11(18)16-15-10/h2-7H,1H3,(H2,14,20)(H,16,18). The lowest BCUT2D eigenvalue weighted by Gasteiger charge is -2.17. The smallest absolute Gasteiger partial charge is 0.278 e. The maximum absolute atomic E-state index is 12.2. The van der Waals surface area contributed by atoms with Crippen LogP contribution in [-0.2, 0) is 0 Å². The van der Waals surface area contributed by atoms with Gasteiger partial charge in [0.2, 0.25) is 0 Å². The number of thiocarbonyl (C=S) groups is 1. The summed E-state index contributed by atoms with van der Waals surface area (Å²) in [6.07, 6.45) is 0. The summed E-state index contributed by atoms with van der Waals surface area (Å²) < 4.78 is 0. The van der Waals surface area contributed by atoms with E-state index in [0.29, 0.717) is 11.3 Å². The molecule has 1 aromatic carbocycles. The number of amides is 1. The highest BCUT2D eigenvalue weighted by atomic mass is 32.1. The third-order valence-corrected chi connectivity index (χ3v) is 2.96. The summed E-state index contributed by atoms with van der Waals surface area (Å²) in [6.45, 7) is 0. The van der Waals surface area contributed by atoms with Crippen LogP contribution in [0.5, 0.6) is 0 Å². The molecule has 0 atom stereocenters. The van der Waals surface area contributed by atoms with Gasteiger partial charge in [-0.2, -0.15) is 5.10 Å². The van der Waals surface area contributed by atoms with Crippen LogP contribution in [0.4, 0.5) is 5.69 Å².